The van der Waals surface area contributed by atoms with Crippen LogP contribution >= 0.6 is 0 Å². The Hall–Kier alpha value is -2.50. The minimum absolute atomic E-state index is 0.128. The zero-order chi connectivity index (χ0) is 14.1. The first kappa shape index (κ1) is 12.5. The van der Waals surface area contributed by atoms with Crippen molar-refractivity contribution in [3.8, 4) is 23.0 Å². The van der Waals surface area contributed by atoms with Crippen molar-refractivity contribution in [3.63, 3.8) is 0 Å². The smallest absolute Gasteiger partial charge is 0.373 e. The number of benzene rings is 1. The van der Waals surface area contributed by atoms with Crippen molar-refractivity contribution in [2.24, 2.45) is 0 Å². The lowest BCUT2D eigenvalue weighted by molar-refractivity contribution is 0.0661. The van der Waals surface area contributed by atoms with Crippen LogP contribution in [0.15, 0.2) is 22.6 Å². The van der Waals surface area contributed by atoms with Crippen LogP contribution in [0.3, 0.4) is 0 Å². The van der Waals surface area contributed by atoms with E-state index in [-0.39, 0.29) is 11.7 Å². The van der Waals surface area contributed by atoms with Gasteiger partial charge >= 0.3 is 5.97 Å². The normalized spacial score (nSPS) is 13.2. The molecule has 2 aromatic rings. The summed E-state index contributed by atoms with van der Waals surface area (Å²) in [5.74, 6) is 0.141. The molecule has 3 rings (SSSR count). The number of aryl methyl sites for hydroxylation is 1. The summed E-state index contributed by atoms with van der Waals surface area (Å²) < 4.78 is 16.4. The number of para-hydroxylation sites is 1. The van der Waals surface area contributed by atoms with Gasteiger partial charge in [0.25, 0.3) is 0 Å². The molecular weight excluding hydrogens is 262 g/mol. The number of carboxylic acids is 1. The third-order valence-electron chi connectivity index (χ3n) is 3.02. The van der Waals surface area contributed by atoms with E-state index in [0.29, 0.717) is 42.4 Å². The van der Waals surface area contributed by atoms with Crippen LogP contribution < -0.4 is 9.47 Å². The first-order chi connectivity index (χ1) is 9.70. The zero-order valence-electron chi connectivity index (χ0n) is 10.9. The minimum Gasteiger partial charge on any atom is -0.486 e. The molecule has 0 fully saturated rings. The van der Waals surface area contributed by atoms with Crippen LogP contribution in [0.5, 0.6) is 11.5 Å². The Bertz CT molecular complexity index is 662. The summed E-state index contributed by atoms with van der Waals surface area (Å²) in [5.41, 5.74) is 1.02. The van der Waals surface area contributed by atoms with Crippen LogP contribution in [0.4, 0.5) is 0 Å². The van der Waals surface area contributed by atoms with Crippen LogP contribution in [0.1, 0.15) is 23.2 Å². The van der Waals surface area contributed by atoms with Gasteiger partial charge in [0.15, 0.2) is 11.5 Å². The number of aromatic nitrogens is 1. The van der Waals surface area contributed by atoms with Crippen LogP contribution in [0.25, 0.3) is 11.5 Å². The second kappa shape index (κ2) is 4.88. The highest BCUT2D eigenvalue weighted by Gasteiger charge is 2.24. The lowest BCUT2D eigenvalue weighted by Crippen LogP contribution is -2.15. The average Bonchev–Trinajstić information content (AvgIpc) is 2.91. The quantitative estimate of drug-likeness (QED) is 0.926. The van der Waals surface area contributed by atoms with Gasteiger partial charge in [0, 0.05) is 0 Å². The molecule has 2 heterocycles. The van der Waals surface area contributed by atoms with Gasteiger partial charge in [0.05, 0.1) is 11.3 Å². The Morgan fingerprint density at radius 1 is 1.35 bits per heavy atom. The average molecular weight is 275 g/mol. The van der Waals surface area contributed by atoms with Crippen LogP contribution in [0, 0.1) is 0 Å². The molecule has 0 saturated carbocycles. The molecule has 0 unspecified atom stereocenters. The second-order valence-corrected chi connectivity index (χ2v) is 4.28. The number of aromatic carboxylic acids is 1. The minimum atomic E-state index is -1.12. The molecule has 0 saturated heterocycles. The Balaban J connectivity index is 2.12. The lowest BCUT2D eigenvalue weighted by atomic mass is 10.1. The van der Waals surface area contributed by atoms with Crippen molar-refractivity contribution in [1.82, 2.24) is 4.98 Å². The maximum Gasteiger partial charge on any atom is 0.373 e. The van der Waals surface area contributed by atoms with Gasteiger partial charge in [-0.3, -0.25) is 0 Å². The van der Waals surface area contributed by atoms with Crippen molar-refractivity contribution in [2.75, 3.05) is 13.2 Å². The SMILES string of the molecule is CCc1nc(-c2cccc3c2OCCO3)oc1C(=O)O. The molecule has 0 atom stereocenters. The van der Waals surface area contributed by atoms with Crippen LogP contribution in [0.2, 0.25) is 0 Å². The molecule has 20 heavy (non-hydrogen) atoms. The molecule has 0 aliphatic carbocycles. The Morgan fingerprint density at radius 3 is 2.85 bits per heavy atom. The number of hydrogen-bond donors (Lipinski definition) is 1. The molecule has 0 bridgehead atoms. The highest BCUT2D eigenvalue weighted by Crippen LogP contribution is 2.39. The number of carbonyl (C=O) groups is 1. The number of hydrogen-bond acceptors (Lipinski definition) is 5. The molecule has 1 aliphatic rings. The summed E-state index contributed by atoms with van der Waals surface area (Å²) in [5, 5.41) is 9.11. The maximum atomic E-state index is 11.1. The van der Waals surface area contributed by atoms with Crippen molar-refractivity contribution >= 4 is 5.97 Å². The van der Waals surface area contributed by atoms with Crippen molar-refractivity contribution < 1.29 is 23.8 Å². The van der Waals surface area contributed by atoms with Crippen molar-refractivity contribution in [2.45, 2.75) is 13.3 Å². The van der Waals surface area contributed by atoms with Gasteiger partial charge in [0.2, 0.25) is 11.7 Å². The molecular formula is C14H13NO5. The third-order valence-corrected chi connectivity index (χ3v) is 3.02. The summed E-state index contributed by atoms with van der Waals surface area (Å²) >= 11 is 0. The summed E-state index contributed by atoms with van der Waals surface area (Å²) in [4.78, 5) is 15.4. The number of oxazole rings is 1. The van der Waals surface area contributed by atoms with E-state index in [1.807, 2.05) is 6.92 Å². The van der Waals surface area contributed by atoms with Gasteiger partial charge in [-0.2, -0.15) is 0 Å². The van der Waals surface area contributed by atoms with Crippen molar-refractivity contribution in [3.05, 3.63) is 29.7 Å². The molecule has 0 radical (unpaired) electrons. The standard InChI is InChI=1S/C14H13NO5/c1-2-9-12(14(16)17)20-13(15-9)8-4-3-5-10-11(8)19-7-6-18-10/h3-5H,2,6-7H2,1H3,(H,16,17). The van der Waals surface area contributed by atoms with Gasteiger partial charge in [-0.15, -0.1) is 0 Å². The number of fused-ring (bicyclic) bond motifs is 1. The van der Waals surface area contributed by atoms with Gasteiger partial charge in [0.1, 0.15) is 13.2 Å². The topological polar surface area (TPSA) is 81.8 Å². The Kier molecular flexibility index (Phi) is 3.06. The predicted octanol–water partition coefficient (Wildman–Crippen LogP) is 2.37. The number of ether oxygens (including phenoxy) is 2. The first-order valence-electron chi connectivity index (χ1n) is 6.32. The van der Waals surface area contributed by atoms with Gasteiger partial charge in [-0.25, -0.2) is 9.78 Å². The molecule has 104 valence electrons. The highest BCUT2D eigenvalue weighted by atomic mass is 16.6. The van der Waals surface area contributed by atoms with E-state index in [4.69, 9.17) is 19.0 Å². The van der Waals surface area contributed by atoms with E-state index >= 15 is 0 Å². The molecule has 0 spiro atoms. The lowest BCUT2D eigenvalue weighted by Gasteiger charge is -2.19. The third kappa shape index (κ3) is 1.99. The van der Waals surface area contributed by atoms with E-state index in [1.165, 1.54) is 0 Å². The van der Waals surface area contributed by atoms with E-state index in [0.717, 1.165) is 0 Å². The Labute approximate surface area is 115 Å². The Morgan fingerprint density at radius 2 is 2.15 bits per heavy atom. The number of nitrogens with zero attached hydrogens (tertiary/aromatic N) is 1. The molecule has 6 nitrogen and oxygen atoms in total. The first-order valence-corrected chi connectivity index (χ1v) is 6.32. The monoisotopic (exact) mass is 275 g/mol. The van der Waals surface area contributed by atoms with Crippen molar-refractivity contribution in [1.29, 1.82) is 0 Å². The van der Waals surface area contributed by atoms with Gasteiger partial charge < -0.3 is 19.0 Å². The summed E-state index contributed by atoms with van der Waals surface area (Å²) in [7, 11) is 0. The number of rotatable bonds is 3. The summed E-state index contributed by atoms with van der Waals surface area (Å²) in [6.45, 7) is 2.76. The largest absolute Gasteiger partial charge is 0.486 e. The fourth-order valence-electron chi connectivity index (χ4n) is 2.12. The second-order valence-electron chi connectivity index (χ2n) is 4.28. The molecule has 6 heteroatoms. The van der Waals surface area contributed by atoms with E-state index in [2.05, 4.69) is 4.98 Å². The van der Waals surface area contributed by atoms with Gasteiger partial charge in [-0.05, 0) is 18.6 Å². The van der Waals surface area contributed by atoms with E-state index < -0.39 is 5.97 Å². The molecule has 0 amide bonds. The van der Waals surface area contributed by atoms with Crippen LogP contribution in [-0.2, 0) is 6.42 Å². The van der Waals surface area contributed by atoms with E-state index in [9.17, 15) is 4.79 Å². The van der Waals surface area contributed by atoms with Gasteiger partial charge in [-0.1, -0.05) is 13.0 Å². The molecule has 1 aliphatic heterocycles. The number of carboxylic acid groups (broad SMARTS) is 1. The fraction of sp³-hybridized carbons (Fsp3) is 0.286. The zero-order valence-corrected chi connectivity index (χ0v) is 10.9. The van der Waals surface area contributed by atoms with Crippen LogP contribution in [-0.4, -0.2) is 29.3 Å². The molecule has 1 N–H and O–H groups in total. The predicted molar refractivity (Wildman–Crippen MR) is 69.3 cm³/mol. The molecule has 1 aromatic heterocycles. The van der Waals surface area contributed by atoms with E-state index in [1.54, 1.807) is 18.2 Å². The molecule has 1 aromatic carbocycles. The maximum absolute atomic E-state index is 11.1. The summed E-state index contributed by atoms with van der Waals surface area (Å²) in [6, 6.07) is 5.35. The highest BCUT2D eigenvalue weighted by molar-refractivity contribution is 5.86. The fourth-order valence-corrected chi connectivity index (χ4v) is 2.12. The summed E-state index contributed by atoms with van der Waals surface area (Å²) in [6.07, 6.45) is 0.484.